The molecule has 1 amide bonds. The van der Waals surface area contributed by atoms with E-state index in [2.05, 4.69) is 10.6 Å². The Morgan fingerprint density at radius 1 is 1.11 bits per heavy atom. The van der Waals surface area contributed by atoms with Crippen molar-refractivity contribution >= 4 is 5.91 Å². The molecular weight excluding hydrogens is 369 g/mol. The van der Waals surface area contributed by atoms with Gasteiger partial charge in [0.1, 0.15) is 5.75 Å². The summed E-state index contributed by atoms with van der Waals surface area (Å²) < 4.78 is 44.2. The third kappa shape index (κ3) is 5.04. The van der Waals surface area contributed by atoms with Gasteiger partial charge in [0.15, 0.2) is 5.60 Å². The number of alkyl halides is 3. The SMILES string of the molecule is O=C(NCCc1ccccc1)C1(Oc2ccc(C(F)(F)F)cc2)CCCNC1. The number of carbonyl (C=O) groups excluding carboxylic acids is 1. The van der Waals surface area contributed by atoms with Crippen LogP contribution >= 0.6 is 0 Å². The second kappa shape index (κ2) is 8.65. The zero-order valence-corrected chi connectivity index (χ0v) is 15.4. The van der Waals surface area contributed by atoms with Crippen LogP contribution in [0.3, 0.4) is 0 Å². The molecule has 1 fully saturated rings. The van der Waals surface area contributed by atoms with Gasteiger partial charge in [-0.3, -0.25) is 4.79 Å². The van der Waals surface area contributed by atoms with E-state index in [-0.39, 0.29) is 11.7 Å². The minimum Gasteiger partial charge on any atom is -0.476 e. The highest BCUT2D eigenvalue weighted by Crippen LogP contribution is 2.32. The molecule has 0 aliphatic carbocycles. The van der Waals surface area contributed by atoms with Gasteiger partial charge in [-0.2, -0.15) is 13.2 Å². The average molecular weight is 392 g/mol. The van der Waals surface area contributed by atoms with Crippen LogP contribution in [0.4, 0.5) is 13.2 Å². The van der Waals surface area contributed by atoms with Gasteiger partial charge in [0, 0.05) is 13.1 Å². The zero-order valence-electron chi connectivity index (χ0n) is 15.4. The quantitative estimate of drug-likeness (QED) is 0.790. The van der Waals surface area contributed by atoms with E-state index < -0.39 is 17.3 Å². The number of rotatable bonds is 6. The van der Waals surface area contributed by atoms with E-state index in [9.17, 15) is 18.0 Å². The maximum absolute atomic E-state index is 12.9. The monoisotopic (exact) mass is 392 g/mol. The summed E-state index contributed by atoms with van der Waals surface area (Å²) in [6.45, 7) is 1.54. The Bertz CT molecular complexity index is 770. The number of hydrogen-bond donors (Lipinski definition) is 2. The van der Waals surface area contributed by atoms with E-state index in [1.54, 1.807) is 0 Å². The Morgan fingerprint density at radius 2 is 1.82 bits per heavy atom. The molecule has 0 spiro atoms. The lowest BCUT2D eigenvalue weighted by molar-refractivity contribution is -0.139. The van der Waals surface area contributed by atoms with Crippen LogP contribution in [0.15, 0.2) is 54.6 Å². The molecule has 150 valence electrons. The van der Waals surface area contributed by atoms with E-state index in [1.807, 2.05) is 30.3 Å². The van der Waals surface area contributed by atoms with Crippen LogP contribution in [0.5, 0.6) is 5.75 Å². The Morgan fingerprint density at radius 3 is 2.43 bits per heavy atom. The lowest BCUT2D eigenvalue weighted by atomic mass is 9.92. The number of ether oxygens (including phenoxy) is 1. The maximum atomic E-state index is 12.9. The van der Waals surface area contributed by atoms with Crippen LogP contribution in [0.25, 0.3) is 0 Å². The number of carbonyl (C=O) groups is 1. The molecule has 0 saturated carbocycles. The molecule has 2 N–H and O–H groups in total. The lowest BCUT2D eigenvalue weighted by Crippen LogP contribution is -2.59. The molecule has 1 saturated heterocycles. The van der Waals surface area contributed by atoms with Crippen LogP contribution in [0, 0.1) is 0 Å². The van der Waals surface area contributed by atoms with Crippen molar-refractivity contribution in [3.8, 4) is 5.75 Å². The Kier molecular flexibility index (Phi) is 6.24. The second-order valence-electron chi connectivity index (χ2n) is 6.89. The Hall–Kier alpha value is -2.54. The first kappa shape index (κ1) is 20.2. The van der Waals surface area contributed by atoms with E-state index in [4.69, 9.17) is 4.74 Å². The van der Waals surface area contributed by atoms with Gasteiger partial charge < -0.3 is 15.4 Å². The largest absolute Gasteiger partial charge is 0.476 e. The van der Waals surface area contributed by atoms with Crippen LogP contribution in [-0.2, 0) is 17.4 Å². The predicted octanol–water partition coefficient (Wildman–Crippen LogP) is 3.57. The van der Waals surface area contributed by atoms with Crippen molar-refractivity contribution in [1.82, 2.24) is 10.6 Å². The van der Waals surface area contributed by atoms with Crippen LogP contribution < -0.4 is 15.4 Å². The van der Waals surface area contributed by atoms with Crippen LogP contribution in [0.1, 0.15) is 24.0 Å². The normalized spacial score (nSPS) is 19.8. The summed E-state index contributed by atoms with van der Waals surface area (Å²) >= 11 is 0. The number of nitrogens with one attached hydrogen (secondary N) is 2. The standard InChI is InChI=1S/C21H23F3N2O2/c22-21(23,24)17-7-9-18(10-8-17)28-20(12-4-13-25-15-20)19(27)26-14-11-16-5-2-1-3-6-16/h1-3,5-10,25H,4,11-15H2,(H,26,27). The number of hydrogen-bond acceptors (Lipinski definition) is 3. The summed E-state index contributed by atoms with van der Waals surface area (Å²) in [5.41, 5.74) is -0.764. The van der Waals surface area contributed by atoms with Crippen molar-refractivity contribution in [2.75, 3.05) is 19.6 Å². The first-order chi connectivity index (χ1) is 13.4. The summed E-state index contributed by atoms with van der Waals surface area (Å²) in [5, 5.41) is 6.07. The van der Waals surface area contributed by atoms with E-state index in [0.29, 0.717) is 25.9 Å². The third-order valence-electron chi connectivity index (χ3n) is 4.80. The highest BCUT2D eigenvalue weighted by Gasteiger charge is 2.42. The number of amides is 1. The smallest absolute Gasteiger partial charge is 0.416 e. The van der Waals surface area contributed by atoms with Crippen LogP contribution in [0.2, 0.25) is 0 Å². The molecule has 2 aromatic rings. The third-order valence-corrected chi connectivity index (χ3v) is 4.80. The lowest BCUT2D eigenvalue weighted by Gasteiger charge is -2.36. The molecule has 2 aromatic carbocycles. The molecule has 1 aliphatic heterocycles. The Balaban J connectivity index is 1.66. The predicted molar refractivity (Wildman–Crippen MR) is 100 cm³/mol. The van der Waals surface area contributed by atoms with Crippen molar-refractivity contribution in [2.45, 2.75) is 31.0 Å². The van der Waals surface area contributed by atoms with E-state index in [1.165, 1.54) is 12.1 Å². The summed E-state index contributed by atoms with van der Waals surface area (Å²) in [6.07, 6.45) is -2.47. The van der Waals surface area contributed by atoms with Gasteiger partial charge >= 0.3 is 6.18 Å². The van der Waals surface area contributed by atoms with Gasteiger partial charge in [0.2, 0.25) is 0 Å². The summed E-state index contributed by atoms with van der Waals surface area (Å²) in [4.78, 5) is 12.9. The fourth-order valence-electron chi connectivity index (χ4n) is 3.27. The molecule has 0 bridgehead atoms. The molecule has 0 radical (unpaired) electrons. The summed E-state index contributed by atoms with van der Waals surface area (Å²) in [5.74, 6) is -0.00885. The summed E-state index contributed by atoms with van der Waals surface area (Å²) in [6, 6.07) is 14.2. The molecule has 1 atom stereocenters. The average Bonchev–Trinajstić information content (AvgIpc) is 2.69. The van der Waals surface area contributed by atoms with Crippen molar-refractivity contribution in [1.29, 1.82) is 0 Å². The van der Waals surface area contributed by atoms with E-state index in [0.717, 1.165) is 30.7 Å². The highest BCUT2D eigenvalue weighted by atomic mass is 19.4. The summed E-state index contributed by atoms with van der Waals surface area (Å²) in [7, 11) is 0. The minimum atomic E-state index is -4.41. The van der Waals surface area contributed by atoms with Crippen molar-refractivity contribution in [2.24, 2.45) is 0 Å². The molecule has 0 aromatic heterocycles. The maximum Gasteiger partial charge on any atom is 0.416 e. The van der Waals surface area contributed by atoms with Crippen LogP contribution in [-0.4, -0.2) is 31.1 Å². The second-order valence-corrected chi connectivity index (χ2v) is 6.89. The molecule has 3 rings (SSSR count). The Labute approximate surface area is 162 Å². The van der Waals surface area contributed by atoms with Gasteiger partial charge in [0.25, 0.3) is 5.91 Å². The van der Waals surface area contributed by atoms with Crippen molar-refractivity contribution < 1.29 is 22.7 Å². The van der Waals surface area contributed by atoms with E-state index >= 15 is 0 Å². The first-order valence-corrected chi connectivity index (χ1v) is 9.28. The van der Waals surface area contributed by atoms with Crippen molar-refractivity contribution in [3.63, 3.8) is 0 Å². The molecule has 1 heterocycles. The van der Waals surface area contributed by atoms with Gasteiger partial charge in [-0.25, -0.2) is 0 Å². The fourth-order valence-corrected chi connectivity index (χ4v) is 3.27. The fraction of sp³-hybridized carbons (Fsp3) is 0.381. The van der Waals surface area contributed by atoms with Gasteiger partial charge in [-0.05, 0) is 55.6 Å². The van der Waals surface area contributed by atoms with Crippen molar-refractivity contribution in [3.05, 3.63) is 65.7 Å². The van der Waals surface area contributed by atoms with Gasteiger partial charge in [-0.15, -0.1) is 0 Å². The number of halogens is 3. The molecule has 28 heavy (non-hydrogen) atoms. The molecule has 1 unspecified atom stereocenters. The first-order valence-electron chi connectivity index (χ1n) is 9.28. The van der Waals surface area contributed by atoms with Gasteiger partial charge in [0.05, 0.1) is 5.56 Å². The minimum absolute atomic E-state index is 0.245. The molecule has 4 nitrogen and oxygen atoms in total. The molecule has 1 aliphatic rings. The van der Waals surface area contributed by atoms with Gasteiger partial charge in [-0.1, -0.05) is 30.3 Å². The molecule has 7 heteroatoms. The number of benzene rings is 2. The number of piperidine rings is 1. The molecular formula is C21H23F3N2O2. The highest BCUT2D eigenvalue weighted by molar-refractivity contribution is 5.86. The zero-order chi connectivity index (χ0) is 20.0. The topological polar surface area (TPSA) is 50.4 Å².